The summed E-state index contributed by atoms with van der Waals surface area (Å²) in [7, 11) is -1.57. The number of nitrogens with zero attached hydrogens (tertiary/aromatic N) is 3. The normalized spacial score (nSPS) is 24.8. The number of hydrogen-bond donors (Lipinski definition) is 1. The van der Waals surface area contributed by atoms with Gasteiger partial charge in [0.2, 0.25) is 10.0 Å². The lowest BCUT2D eigenvalue weighted by molar-refractivity contribution is -0.152. The first-order valence-electron chi connectivity index (χ1n) is 9.72. The van der Waals surface area contributed by atoms with E-state index in [2.05, 4.69) is 0 Å². The van der Waals surface area contributed by atoms with Crippen LogP contribution in [-0.2, 0) is 14.8 Å². The van der Waals surface area contributed by atoms with Gasteiger partial charge in [-0.25, -0.2) is 13.2 Å². The Balaban J connectivity index is 1.96. The summed E-state index contributed by atoms with van der Waals surface area (Å²) in [5.74, 6) is -0.800. The molecular formula is C22H23N3O5S. The third-order valence-electron chi connectivity index (χ3n) is 5.92. The summed E-state index contributed by atoms with van der Waals surface area (Å²) in [5.41, 5.74) is -0.195. The van der Waals surface area contributed by atoms with Crippen molar-refractivity contribution in [2.45, 2.75) is 23.6 Å². The monoisotopic (exact) mass is 441 g/mol. The largest absolute Gasteiger partial charge is 0.370 e. The van der Waals surface area contributed by atoms with Crippen LogP contribution in [0.4, 0.5) is 4.79 Å². The predicted molar refractivity (Wildman–Crippen MR) is 114 cm³/mol. The fraction of sp³-hybridized carbons (Fsp3) is 0.273. The van der Waals surface area contributed by atoms with Crippen molar-refractivity contribution in [1.82, 2.24) is 14.1 Å². The molecule has 4 rings (SSSR count). The molecule has 2 aliphatic rings. The molecule has 8 nitrogen and oxygen atoms in total. The summed E-state index contributed by atoms with van der Waals surface area (Å²) in [6.07, 6.45) is -0.0856. The Morgan fingerprint density at radius 2 is 1.61 bits per heavy atom. The Labute approximate surface area is 181 Å². The molecule has 2 aromatic carbocycles. The average Bonchev–Trinajstić information content (AvgIpc) is 3.18. The molecule has 162 valence electrons. The van der Waals surface area contributed by atoms with Crippen LogP contribution in [0.15, 0.2) is 65.6 Å². The molecular weight excluding hydrogens is 418 g/mol. The van der Waals surface area contributed by atoms with Crippen LogP contribution in [-0.4, -0.2) is 72.0 Å². The van der Waals surface area contributed by atoms with Crippen LogP contribution < -0.4 is 0 Å². The van der Waals surface area contributed by atoms with Crippen molar-refractivity contribution in [1.29, 1.82) is 0 Å². The number of likely N-dealkylation sites (N-methyl/N-ethyl adjacent to an activating group) is 2. The summed E-state index contributed by atoms with van der Waals surface area (Å²) in [6.45, 7) is 1.71. The van der Waals surface area contributed by atoms with Crippen molar-refractivity contribution in [3.8, 4) is 0 Å². The first kappa shape index (κ1) is 21.2. The molecule has 1 saturated heterocycles. The highest BCUT2D eigenvalue weighted by Crippen LogP contribution is 2.46. The molecule has 2 aromatic rings. The number of carbonyl (C=O) groups excluding carboxylic acids is 2. The van der Waals surface area contributed by atoms with Gasteiger partial charge in [-0.15, -0.1) is 0 Å². The molecule has 3 amide bonds. The van der Waals surface area contributed by atoms with Gasteiger partial charge in [0.15, 0.2) is 11.8 Å². The van der Waals surface area contributed by atoms with Crippen molar-refractivity contribution >= 4 is 27.5 Å². The zero-order chi connectivity index (χ0) is 22.6. The van der Waals surface area contributed by atoms with Crippen LogP contribution in [0.5, 0.6) is 0 Å². The topological polar surface area (TPSA) is 98.2 Å². The van der Waals surface area contributed by atoms with Crippen molar-refractivity contribution in [3.05, 3.63) is 71.8 Å². The highest BCUT2D eigenvalue weighted by molar-refractivity contribution is 7.89. The van der Waals surface area contributed by atoms with E-state index in [1.165, 1.54) is 26.2 Å². The van der Waals surface area contributed by atoms with Gasteiger partial charge in [-0.3, -0.25) is 14.6 Å². The number of amides is 3. The Hall–Kier alpha value is -3.01. The molecule has 0 radical (unpaired) electrons. The fourth-order valence-corrected chi connectivity index (χ4v) is 5.91. The SMILES string of the molecule is Cc1ccc(S(=O)(=O)N2CC=C(c3ccccc3)C23C(=O)N(C)C(=O)N(C)C3O)cc1. The lowest BCUT2D eigenvalue weighted by Gasteiger charge is -2.50. The number of carbonyl (C=O) groups is 2. The van der Waals surface area contributed by atoms with E-state index < -0.39 is 33.7 Å². The lowest BCUT2D eigenvalue weighted by atomic mass is 9.82. The van der Waals surface area contributed by atoms with Gasteiger partial charge in [-0.1, -0.05) is 54.1 Å². The number of aliphatic hydroxyl groups is 1. The zero-order valence-electron chi connectivity index (χ0n) is 17.4. The lowest BCUT2D eigenvalue weighted by Crippen LogP contribution is -2.74. The molecule has 2 unspecified atom stereocenters. The molecule has 0 aliphatic carbocycles. The second kappa shape index (κ2) is 7.30. The number of urea groups is 1. The number of imide groups is 1. The summed E-state index contributed by atoms with van der Waals surface area (Å²) >= 11 is 0. The number of hydrogen-bond acceptors (Lipinski definition) is 5. The van der Waals surface area contributed by atoms with Crippen molar-refractivity contribution < 1.29 is 23.1 Å². The van der Waals surface area contributed by atoms with Gasteiger partial charge in [-0.2, -0.15) is 4.31 Å². The van der Waals surface area contributed by atoms with Crippen molar-refractivity contribution in [2.24, 2.45) is 0 Å². The molecule has 1 spiro atoms. The average molecular weight is 442 g/mol. The molecule has 1 fully saturated rings. The number of aliphatic hydroxyl groups excluding tert-OH is 1. The molecule has 0 saturated carbocycles. The smallest absolute Gasteiger partial charge is 0.328 e. The van der Waals surface area contributed by atoms with Gasteiger partial charge in [0.05, 0.1) is 4.90 Å². The number of rotatable bonds is 3. The van der Waals surface area contributed by atoms with Crippen LogP contribution in [0.25, 0.3) is 5.57 Å². The first-order chi connectivity index (χ1) is 14.6. The minimum absolute atomic E-state index is 0.00222. The van der Waals surface area contributed by atoms with E-state index >= 15 is 0 Å². The summed E-state index contributed by atoms with van der Waals surface area (Å²) in [4.78, 5) is 27.9. The highest BCUT2D eigenvalue weighted by atomic mass is 32.2. The Morgan fingerprint density at radius 3 is 2.23 bits per heavy atom. The Bertz CT molecular complexity index is 1180. The summed E-state index contributed by atoms with van der Waals surface area (Å²) < 4.78 is 28.4. The number of benzene rings is 2. The maximum atomic E-state index is 13.7. The fourth-order valence-electron chi connectivity index (χ4n) is 4.25. The third kappa shape index (κ3) is 2.92. The minimum Gasteiger partial charge on any atom is -0.370 e. The van der Waals surface area contributed by atoms with Crippen molar-refractivity contribution in [2.75, 3.05) is 20.6 Å². The van der Waals surface area contributed by atoms with E-state index in [4.69, 9.17) is 0 Å². The third-order valence-corrected chi connectivity index (χ3v) is 7.80. The van der Waals surface area contributed by atoms with Gasteiger partial charge in [0, 0.05) is 20.6 Å². The second-order valence-electron chi connectivity index (χ2n) is 7.73. The van der Waals surface area contributed by atoms with Gasteiger partial charge >= 0.3 is 6.03 Å². The zero-order valence-corrected chi connectivity index (χ0v) is 18.2. The molecule has 2 aliphatic heterocycles. The number of aryl methyl sites for hydroxylation is 1. The molecule has 31 heavy (non-hydrogen) atoms. The van der Waals surface area contributed by atoms with Crippen LogP contribution in [0.2, 0.25) is 0 Å². The Kier molecular flexibility index (Phi) is 5.00. The summed E-state index contributed by atoms with van der Waals surface area (Å²) in [5, 5.41) is 11.3. The molecule has 0 aromatic heterocycles. The van der Waals surface area contributed by atoms with Gasteiger partial charge in [-0.05, 0) is 30.2 Å². The maximum absolute atomic E-state index is 13.7. The summed E-state index contributed by atoms with van der Waals surface area (Å²) in [6, 6.07) is 14.4. The van der Waals surface area contributed by atoms with Crippen LogP contribution >= 0.6 is 0 Å². The molecule has 2 heterocycles. The standard InChI is InChI=1S/C22H23N3O5S/c1-15-9-11-17(12-10-15)31(29,30)25-14-13-18(16-7-5-4-6-8-16)22(25)19(26)23(2)21(28)24(3)20(22)27/h4-13,19,26H,14H2,1-3H3. The first-order valence-corrected chi connectivity index (χ1v) is 11.2. The minimum atomic E-state index is -4.20. The Morgan fingerprint density at radius 1 is 1.00 bits per heavy atom. The van der Waals surface area contributed by atoms with Gasteiger partial charge in [0.25, 0.3) is 5.91 Å². The molecule has 9 heteroatoms. The van der Waals surface area contributed by atoms with Crippen LogP contribution in [0.3, 0.4) is 0 Å². The van der Waals surface area contributed by atoms with E-state index in [9.17, 15) is 23.1 Å². The van der Waals surface area contributed by atoms with E-state index in [0.717, 1.165) is 19.7 Å². The molecule has 1 N–H and O–H groups in total. The van der Waals surface area contributed by atoms with Gasteiger partial charge < -0.3 is 5.11 Å². The quantitative estimate of drug-likeness (QED) is 0.781. The van der Waals surface area contributed by atoms with E-state index in [1.807, 2.05) is 6.92 Å². The maximum Gasteiger partial charge on any atom is 0.328 e. The second-order valence-corrected chi connectivity index (χ2v) is 9.59. The van der Waals surface area contributed by atoms with Crippen LogP contribution in [0, 0.1) is 6.92 Å². The van der Waals surface area contributed by atoms with Gasteiger partial charge in [0.1, 0.15) is 0 Å². The van der Waals surface area contributed by atoms with E-state index in [-0.39, 0.29) is 11.4 Å². The molecule has 0 bridgehead atoms. The van der Waals surface area contributed by atoms with E-state index in [0.29, 0.717) is 11.1 Å². The highest BCUT2D eigenvalue weighted by Gasteiger charge is 2.65. The van der Waals surface area contributed by atoms with Crippen molar-refractivity contribution in [3.63, 3.8) is 0 Å². The number of sulfonamides is 1. The molecule has 2 atom stereocenters. The van der Waals surface area contributed by atoms with E-state index in [1.54, 1.807) is 48.5 Å². The predicted octanol–water partition coefficient (Wildman–Crippen LogP) is 1.66. The van der Waals surface area contributed by atoms with Crippen LogP contribution in [0.1, 0.15) is 11.1 Å².